The number of primary amides is 1. The second-order valence-corrected chi connectivity index (χ2v) is 5.17. The fraction of sp³-hybridized carbons (Fsp3) is 0.429. The Bertz CT molecular complexity index is 520. The fourth-order valence-electron chi connectivity index (χ4n) is 2.81. The molecule has 0 aromatic heterocycles. The van der Waals surface area contributed by atoms with Gasteiger partial charge in [0, 0.05) is 6.54 Å². The Morgan fingerprint density at radius 1 is 1.30 bits per heavy atom. The highest BCUT2D eigenvalue weighted by molar-refractivity contribution is 5.87. The van der Waals surface area contributed by atoms with Gasteiger partial charge in [-0.25, -0.2) is 4.79 Å². The van der Waals surface area contributed by atoms with Crippen molar-refractivity contribution >= 4 is 11.9 Å². The van der Waals surface area contributed by atoms with Crippen molar-refractivity contribution in [2.75, 3.05) is 6.54 Å². The second-order valence-electron chi connectivity index (χ2n) is 5.17. The molecule has 2 aliphatic heterocycles. The zero-order valence-corrected chi connectivity index (χ0v) is 11.1. The highest BCUT2D eigenvalue weighted by Gasteiger charge is 2.47. The maximum atomic E-state index is 12.2. The summed E-state index contributed by atoms with van der Waals surface area (Å²) in [6.45, 7) is 0.861. The molecule has 0 saturated carbocycles. The summed E-state index contributed by atoms with van der Waals surface area (Å²) in [4.78, 5) is 30.7. The largest absolute Gasteiger partial charge is 0.368 e. The number of hydroxylamine groups is 2. The van der Waals surface area contributed by atoms with E-state index in [-0.39, 0.29) is 12.1 Å². The Morgan fingerprint density at radius 2 is 2.05 bits per heavy atom. The molecule has 2 atom stereocenters. The van der Waals surface area contributed by atoms with Gasteiger partial charge < -0.3 is 10.6 Å². The van der Waals surface area contributed by atoms with Crippen molar-refractivity contribution in [3.63, 3.8) is 0 Å². The molecule has 2 N–H and O–H groups in total. The van der Waals surface area contributed by atoms with Crippen LogP contribution in [-0.4, -0.2) is 40.5 Å². The number of nitrogens with two attached hydrogens (primary N) is 1. The molecule has 2 saturated heterocycles. The number of urea groups is 1. The van der Waals surface area contributed by atoms with Gasteiger partial charge >= 0.3 is 6.03 Å². The van der Waals surface area contributed by atoms with Gasteiger partial charge in [0.2, 0.25) is 5.91 Å². The summed E-state index contributed by atoms with van der Waals surface area (Å²) >= 11 is 0. The van der Waals surface area contributed by atoms with Crippen LogP contribution in [0.3, 0.4) is 0 Å². The molecule has 3 amide bonds. The Balaban J connectivity index is 1.67. The molecule has 0 radical (unpaired) electrons. The number of carbonyl (C=O) groups excluding carboxylic acids is 2. The van der Waals surface area contributed by atoms with Crippen LogP contribution >= 0.6 is 0 Å². The van der Waals surface area contributed by atoms with Crippen molar-refractivity contribution < 1.29 is 14.4 Å². The van der Waals surface area contributed by atoms with Gasteiger partial charge in [-0.2, -0.15) is 5.06 Å². The Morgan fingerprint density at radius 3 is 2.75 bits per heavy atom. The lowest BCUT2D eigenvalue weighted by Gasteiger charge is -2.27. The molecule has 2 fully saturated rings. The van der Waals surface area contributed by atoms with Crippen LogP contribution < -0.4 is 5.73 Å². The first-order chi connectivity index (χ1) is 9.66. The van der Waals surface area contributed by atoms with Crippen molar-refractivity contribution in [2.45, 2.75) is 31.5 Å². The van der Waals surface area contributed by atoms with E-state index >= 15 is 0 Å². The number of amides is 3. The maximum Gasteiger partial charge on any atom is 0.345 e. The molecule has 2 bridgehead atoms. The molecule has 2 heterocycles. The SMILES string of the molecule is NC(=O)[C@H]1CC[C@H]2CN1C(=O)N2OCc1ccccc1. The van der Waals surface area contributed by atoms with Crippen LogP contribution in [0.5, 0.6) is 0 Å². The number of rotatable bonds is 4. The van der Waals surface area contributed by atoms with E-state index in [1.54, 1.807) is 0 Å². The lowest BCUT2D eigenvalue weighted by atomic mass is 10.0. The normalized spacial score (nSPS) is 25.1. The summed E-state index contributed by atoms with van der Waals surface area (Å²) in [5, 5.41) is 1.40. The molecule has 2 aliphatic rings. The summed E-state index contributed by atoms with van der Waals surface area (Å²) in [5.74, 6) is -0.443. The van der Waals surface area contributed by atoms with Crippen molar-refractivity contribution in [2.24, 2.45) is 5.73 Å². The molecule has 0 aliphatic carbocycles. The quantitative estimate of drug-likeness (QED) is 0.886. The van der Waals surface area contributed by atoms with Gasteiger partial charge in [0.25, 0.3) is 0 Å². The summed E-state index contributed by atoms with van der Waals surface area (Å²) in [6.07, 6.45) is 1.35. The lowest BCUT2D eigenvalue weighted by Crippen LogP contribution is -2.47. The van der Waals surface area contributed by atoms with Gasteiger partial charge in [-0.1, -0.05) is 30.3 Å². The number of fused-ring (bicyclic) bond motifs is 2. The van der Waals surface area contributed by atoms with Crippen molar-refractivity contribution in [1.29, 1.82) is 0 Å². The monoisotopic (exact) mass is 275 g/mol. The molecule has 1 aromatic rings. The molecular weight excluding hydrogens is 258 g/mol. The van der Waals surface area contributed by atoms with Crippen LogP contribution in [0.1, 0.15) is 18.4 Å². The molecule has 20 heavy (non-hydrogen) atoms. The summed E-state index contributed by atoms with van der Waals surface area (Å²) < 4.78 is 0. The number of nitrogens with zero attached hydrogens (tertiary/aromatic N) is 2. The van der Waals surface area contributed by atoms with Crippen LogP contribution in [0, 0.1) is 0 Å². The Hall–Kier alpha value is -2.08. The highest BCUT2D eigenvalue weighted by Crippen LogP contribution is 2.30. The standard InChI is InChI=1S/C14H17N3O3/c15-13(18)12-7-6-11-8-16(12)14(19)17(11)20-9-10-4-2-1-3-5-10/h1-5,11-12H,6-9H2,(H2,15,18)/t11-,12+/m0/s1. The van der Waals surface area contributed by atoms with E-state index in [0.717, 1.165) is 12.0 Å². The van der Waals surface area contributed by atoms with Crippen LogP contribution in [0.15, 0.2) is 30.3 Å². The van der Waals surface area contributed by atoms with E-state index in [1.807, 2.05) is 30.3 Å². The number of piperidine rings is 1. The third-order valence-corrected chi connectivity index (χ3v) is 3.86. The van der Waals surface area contributed by atoms with Gasteiger partial charge in [-0.05, 0) is 18.4 Å². The highest BCUT2D eigenvalue weighted by atomic mass is 16.7. The first-order valence-electron chi connectivity index (χ1n) is 6.73. The first kappa shape index (κ1) is 12.9. The maximum absolute atomic E-state index is 12.2. The van der Waals surface area contributed by atoms with Crippen molar-refractivity contribution in [1.82, 2.24) is 9.96 Å². The van der Waals surface area contributed by atoms with E-state index in [4.69, 9.17) is 10.6 Å². The van der Waals surface area contributed by atoms with E-state index in [1.165, 1.54) is 9.96 Å². The topological polar surface area (TPSA) is 75.9 Å². The molecule has 3 rings (SSSR count). The zero-order valence-electron chi connectivity index (χ0n) is 11.1. The molecule has 0 spiro atoms. The van der Waals surface area contributed by atoms with E-state index < -0.39 is 11.9 Å². The lowest BCUT2D eigenvalue weighted by molar-refractivity contribution is -0.140. The molecular formula is C14H17N3O3. The Kier molecular flexibility index (Phi) is 3.31. The van der Waals surface area contributed by atoms with Gasteiger partial charge in [-0.15, -0.1) is 0 Å². The molecule has 6 heteroatoms. The van der Waals surface area contributed by atoms with Crippen LogP contribution in [0.2, 0.25) is 0 Å². The minimum Gasteiger partial charge on any atom is -0.368 e. The minimum atomic E-state index is -0.496. The van der Waals surface area contributed by atoms with Gasteiger partial charge in [0.15, 0.2) is 0 Å². The molecule has 1 aromatic carbocycles. The Labute approximate surface area is 117 Å². The number of benzene rings is 1. The average molecular weight is 275 g/mol. The van der Waals surface area contributed by atoms with Crippen molar-refractivity contribution in [3.05, 3.63) is 35.9 Å². The third-order valence-electron chi connectivity index (χ3n) is 3.86. The molecule has 0 unspecified atom stereocenters. The van der Waals surface area contributed by atoms with E-state index in [2.05, 4.69) is 0 Å². The number of carbonyl (C=O) groups is 2. The third kappa shape index (κ3) is 2.22. The van der Waals surface area contributed by atoms with E-state index in [0.29, 0.717) is 19.6 Å². The number of hydrogen-bond acceptors (Lipinski definition) is 3. The fourth-order valence-corrected chi connectivity index (χ4v) is 2.81. The average Bonchev–Trinajstić information content (AvgIpc) is 2.70. The summed E-state index contributed by atoms with van der Waals surface area (Å²) in [5.41, 5.74) is 6.34. The molecule has 6 nitrogen and oxygen atoms in total. The smallest absolute Gasteiger partial charge is 0.345 e. The number of hydrogen-bond donors (Lipinski definition) is 1. The van der Waals surface area contributed by atoms with Gasteiger partial charge in [0.05, 0.1) is 6.04 Å². The second kappa shape index (κ2) is 5.13. The van der Waals surface area contributed by atoms with Crippen molar-refractivity contribution in [3.8, 4) is 0 Å². The van der Waals surface area contributed by atoms with Crippen LogP contribution in [0.4, 0.5) is 4.79 Å². The summed E-state index contributed by atoms with van der Waals surface area (Å²) in [6, 6.07) is 8.93. The zero-order chi connectivity index (χ0) is 14.1. The van der Waals surface area contributed by atoms with Crippen LogP contribution in [0.25, 0.3) is 0 Å². The molecule has 106 valence electrons. The van der Waals surface area contributed by atoms with Gasteiger partial charge in [0.1, 0.15) is 12.6 Å². The predicted octanol–water partition coefficient (Wildman–Crippen LogP) is 0.872. The van der Waals surface area contributed by atoms with Crippen LogP contribution in [-0.2, 0) is 16.2 Å². The first-order valence-corrected chi connectivity index (χ1v) is 6.73. The van der Waals surface area contributed by atoms with E-state index in [9.17, 15) is 9.59 Å². The predicted molar refractivity (Wildman–Crippen MR) is 71.2 cm³/mol. The summed E-state index contributed by atoms with van der Waals surface area (Å²) in [7, 11) is 0. The minimum absolute atomic E-state index is 0.0156. The van der Waals surface area contributed by atoms with Gasteiger partial charge in [-0.3, -0.25) is 9.63 Å².